The third kappa shape index (κ3) is 4.27. The standard InChI is InChI=1S/C24H16F2N6O/c25-18-12-17(13-19(26)14-18)22-8-10-29-32(22)24(33)30-20-4-1-3-16(11-20)6-7-21-15-27-23-5-2-9-28-31(21)23/h1-5,9-15,22H,8H2,(H,30,33). The number of hydrogen-bond acceptors (Lipinski definition) is 4. The van der Waals surface area contributed by atoms with Crippen LogP contribution in [0.25, 0.3) is 5.65 Å². The van der Waals surface area contributed by atoms with Gasteiger partial charge in [0.05, 0.1) is 12.2 Å². The van der Waals surface area contributed by atoms with Crippen molar-refractivity contribution in [1.29, 1.82) is 0 Å². The van der Waals surface area contributed by atoms with Crippen molar-refractivity contribution in [3.63, 3.8) is 0 Å². The SMILES string of the molecule is O=C(Nc1cccc(C#Cc2cnc3cccnn23)c1)N1N=CCC1c1cc(F)cc(F)c1. The van der Waals surface area contributed by atoms with Crippen LogP contribution in [0.2, 0.25) is 0 Å². The zero-order valence-electron chi connectivity index (χ0n) is 17.1. The van der Waals surface area contributed by atoms with Gasteiger partial charge in [-0.1, -0.05) is 12.0 Å². The fourth-order valence-electron chi connectivity index (χ4n) is 3.56. The summed E-state index contributed by atoms with van der Waals surface area (Å²) in [4.78, 5) is 17.1. The summed E-state index contributed by atoms with van der Waals surface area (Å²) < 4.78 is 28.9. The normalized spacial score (nSPS) is 14.8. The van der Waals surface area contributed by atoms with Gasteiger partial charge in [0.15, 0.2) is 5.65 Å². The number of aromatic nitrogens is 3. The van der Waals surface area contributed by atoms with Crippen LogP contribution in [0.15, 0.2) is 72.1 Å². The maximum Gasteiger partial charge on any atom is 0.342 e. The Morgan fingerprint density at radius 2 is 1.91 bits per heavy atom. The first-order valence-corrected chi connectivity index (χ1v) is 10.1. The molecule has 1 atom stereocenters. The van der Waals surface area contributed by atoms with E-state index in [9.17, 15) is 13.6 Å². The number of halogens is 2. The number of hydrogen-bond donors (Lipinski definition) is 1. The van der Waals surface area contributed by atoms with Crippen LogP contribution >= 0.6 is 0 Å². The summed E-state index contributed by atoms with van der Waals surface area (Å²) in [7, 11) is 0. The molecule has 1 aliphatic rings. The number of benzene rings is 2. The number of fused-ring (bicyclic) bond motifs is 1. The lowest BCUT2D eigenvalue weighted by Gasteiger charge is -2.22. The number of carbonyl (C=O) groups is 1. The van der Waals surface area contributed by atoms with Gasteiger partial charge in [-0.25, -0.2) is 28.1 Å². The highest BCUT2D eigenvalue weighted by atomic mass is 19.1. The predicted octanol–water partition coefficient (Wildman–Crippen LogP) is 4.37. The number of urea groups is 1. The Hall–Kier alpha value is -4.58. The van der Waals surface area contributed by atoms with E-state index in [1.54, 1.807) is 47.4 Å². The van der Waals surface area contributed by atoms with Crippen LogP contribution in [-0.2, 0) is 0 Å². The lowest BCUT2D eigenvalue weighted by atomic mass is 10.0. The topological polar surface area (TPSA) is 74.9 Å². The minimum absolute atomic E-state index is 0.335. The summed E-state index contributed by atoms with van der Waals surface area (Å²) in [5.74, 6) is 4.66. The summed E-state index contributed by atoms with van der Waals surface area (Å²) in [5.41, 5.74) is 2.85. The maximum absolute atomic E-state index is 13.6. The van der Waals surface area contributed by atoms with Crippen molar-refractivity contribution in [1.82, 2.24) is 19.6 Å². The molecule has 0 saturated carbocycles. The number of amides is 2. The number of anilines is 1. The molecule has 4 aromatic rings. The summed E-state index contributed by atoms with van der Waals surface area (Å²) >= 11 is 0. The average Bonchev–Trinajstić information content (AvgIpc) is 3.45. The van der Waals surface area contributed by atoms with Crippen LogP contribution < -0.4 is 5.32 Å². The van der Waals surface area contributed by atoms with Crippen LogP contribution in [0.4, 0.5) is 19.3 Å². The summed E-state index contributed by atoms with van der Waals surface area (Å²) in [6, 6.07) is 12.7. The molecular formula is C24H16F2N6O. The number of nitrogens with zero attached hydrogens (tertiary/aromatic N) is 5. The van der Waals surface area contributed by atoms with Gasteiger partial charge in [0, 0.05) is 36.1 Å². The Balaban J connectivity index is 1.33. The molecule has 3 heterocycles. The molecule has 0 spiro atoms. The van der Waals surface area contributed by atoms with Crippen molar-refractivity contribution in [2.75, 3.05) is 5.32 Å². The monoisotopic (exact) mass is 442 g/mol. The molecule has 7 nitrogen and oxygen atoms in total. The van der Waals surface area contributed by atoms with Gasteiger partial charge in [-0.2, -0.15) is 10.2 Å². The smallest absolute Gasteiger partial charge is 0.306 e. The van der Waals surface area contributed by atoms with Crippen molar-refractivity contribution in [3.05, 3.63) is 95.4 Å². The quantitative estimate of drug-likeness (QED) is 0.469. The minimum atomic E-state index is -0.704. The largest absolute Gasteiger partial charge is 0.342 e. The zero-order valence-corrected chi connectivity index (χ0v) is 17.1. The number of hydrazone groups is 1. The third-order valence-electron chi connectivity index (χ3n) is 5.03. The molecule has 0 aliphatic carbocycles. The van der Waals surface area contributed by atoms with Crippen LogP contribution in [0, 0.1) is 23.5 Å². The van der Waals surface area contributed by atoms with Gasteiger partial charge < -0.3 is 5.32 Å². The van der Waals surface area contributed by atoms with E-state index in [-0.39, 0.29) is 0 Å². The average molecular weight is 442 g/mol. The number of rotatable bonds is 2. The van der Waals surface area contributed by atoms with Crippen molar-refractivity contribution < 1.29 is 13.6 Å². The molecule has 1 N–H and O–H groups in total. The molecule has 2 amide bonds. The first-order valence-electron chi connectivity index (χ1n) is 10.1. The van der Waals surface area contributed by atoms with Gasteiger partial charge in [0.1, 0.15) is 17.3 Å². The Kier molecular flexibility index (Phi) is 5.24. The number of imidazole rings is 1. The van der Waals surface area contributed by atoms with Crippen molar-refractivity contribution in [2.45, 2.75) is 12.5 Å². The summed E-state index contributed by atoms with van der Waals surface area (Å²) in [5, 5.41) is 12.2. The van der Waals surface area contributed by atoms with E-state index in [1.807, 2.05) is 12.1 Å². The molecule has 5 rings (SSSR count). The molecule has 0 saturated heterocycles. The van der Waals surface area contributed by atoms with Crippen molar-refractivity contribution in [2.24, 2.45) is 5.10 Å². The number of carbonyl (C=O) groups excluding carboxylic acids is 1. The Morgan fingerprint density at radius 3 is 2.76 bits per heavy atom. The van der Waals surface area contributed by atoms with E-state index in [1.165, 1.54) is 17.1 Å². The van der Waals surface area contributed by atoms with Crippen molar-refractivity contribution in [3.8, 4) is 11.8 Å². The highest BCUT2D eigenvalue weighted by Gasteiger charge is 2.29. The van der Waals surface area contributed by atoms with E-state index in [2.05, 4.69) is 32.3 Å². The third-order valence-corrected chi connectivity index (χ3v) is 5.03. The lowest BCUT2D eigenvalue weighted by Crippen LogP contribution is -2.31. The molecular weight excluding hydrogens is 426 g/mol. The Labute approximate surface area is 187 Å². The molecule has 9 heteroatoms. The molecule has 33 heavy (non-hydrogen) atoms. The van der Waals surface area contributed by atoms with Gasteiger partial charge >= 0.3 is 6.03 Å². The fraction of sp³-hybridized carbons (Fsp3) is 0.0833. The summed E-state index contributed by atoms with van der Waals surface area (Å²) in [6.45, 7) is 0. The molecule has 2 aromatic carbocycles. The molecule has 2 aromatic heterocycles. The first-order chi connectivity index (χ1) is 16.1. The van der Waals surface area contributed by atoms with Crippen LogP contribution in [0.3, 0.4) is 0 Å². The van der Waals surface area contributed by atoms with Crippen LogP contribution in [0.5, 0.6) is 0 Å². The molecule has 162 valence electrons. The van der Waals surface area contributed by atoms with Crippen LogP contribution in [0.1, 0.15) is 29.3 Å². The zero-order chi connectivity index (χ0) is 22.8. The Bertz CT molecular complexity index is 1430. The molecule has 0 radical (unpaired) electrons. The first kappa shape index (κ1) is 20.3. The van der Waals surface area contributed by atoms with Gasteiger partial charge in [0.25, 0.3) is 0 Å². The van der Waals surface area contributed by atoms with E-state index in [0.717, 1.165) is 6.07 Å². The second kappa shape index (κ2) is 8.51. The summed E-state index contributed by atoms with van der Waals surface area (Å²) in [6.07, 6.45) is 5.19. The van der Waals surface area contributed by atoms with Crippen molar-refractivity contribution >= 4 is 23.6 Å². The second-order valence-corrected chi connectivity index (χ2v) is 7.29. The highest BCUT2D eigenvalue weighted by molar-refractivity contribution is 5.91. The number of nitrogens with one attached hydrogen (secondary N) is 1. The highest BCUT2D eigenvalue weighted by Crippen LogP contribution is 2.30. The van der Waals surface area contributed by atoms with E-state index < -0.39 is 23.7 Å². The van der Waals surface area contributed by atoms with E-state index in [4.69, 9.17) is 0 Å². The molecule has 1 aliphatic heterocycles. The van der Waals surface area contributed by atoms with Gasteiger partial charge in [-0.05, 0) is 53.9 Å². The van der Waals surface area contributed by atoms with Gasteiger partial charge in [-0.15, -0.1) is 0 Å². The minimum Gasteiger partial charge on any atom is -0.306 e. The fourth-order valence-corrected chi connectivity index (χ4v) is 3.56. The molecule has 0 bridgehead atoms. The van der Waals surface area contributed by atoms with Crippen LogP contribution in [-0.4, -0.2) is 31.9 Å². The maximum atomic E-state index is 13.6. The van der Waals surface area contributed by atoms with E-state index >= 15 is 0 Å². The van der Waals surface area contributed by atoms with Gasteiger partial charge in [0.2, 0.25) is 0 Å². The van der Waals surface area contributed by atoms with E-state index in [0.29, 0.717) is 34.6 Å². The second-order valence-electron chi connectivity index (χ2n) is 7.29. The Morgan fingerprint density at radius 1 is 1.06 bits per heavy atom. The predicted molar refractivity (Wildman–Crippen MR) is 118 cm³/mol. The lowest BCUT2D eigenvalue weighted by molar-refractivity contribution is 0.200. The molecule has 0 fully saturated rings. The van der Waals surface area contributed by atoms with Gasteiger partial charge in [-0.3, -0.25) is 0 Å². The molecule has 1 unspecified atom stereocenters.